The number of rotatable bonds is 8. The van der Waals surface area contributed by atoms with Crippen molar-refractivity contribution in [1.29, 1.82) is 0 Å². The molecule has 168 valence electrons. The van der Waals surface area contributed by atoms with Crippen LogP contribution in [0.2, 0.25) is 0 Å². The van der Waals surface area contributed by atoms with Crippen LogP contribution >= 0.6 is 0 Å². The second-order valence-electron chi connectivity index (χ2n) is 8.32. The van der Waals surface area contributed by atoms with E-state index in [1.807, 2.05) is 68.1 Å². The van der Waals surface area contributed by atoms with E-state index < -0.39 is 10.0 Å². The van der Waals surface area contributed by atoms with Crippen molar-refractivity contribution in [1.82, 2.24) is 14.5 Å². The highest BCUT2D eigenvalue weighted by molar-refractivity contribution is 7.89. The van der Waals surface area contributed by atoms with Crippen molar-refractivity contribution in [3.8, 4) is 0 Å². The van der Waals surface area contributed by atoms with Crippen LogP contribution in [0.5, 0.6) is 0 Å². The van der Waals surface area contributed by atoms with Crippen molar-refractivity contribution in [3.63, 3.8) is 0 Å². The minimum Gasteiger partial charge on any atom is -0.340 e. The SMILES string of the molecule is Cc1ccc(C)c(S(=O)(=O)N(CCC(=O)N2CCNCC2)C[C@@H](C)c2ccccc2)c1. The molecule has 1 atom stereocenters. The molecule has 6 nitrogen and oxygen atoms in total. The highest BCUT2D eigenvalue weighted by atomic mass is 32.2. The predicted octanol–water partition coefficient (Wildman–Crippen LogP) is 2.92. The first kappa shape index (κ1) is 23.4. The molecule has 0 radical (unpaired) electrons. The minimum atomic E-state index is -3.73. The van der Waals surface area contributed by atoms with Crippen LogP contribution in [0.4, 0.5) is 0 Å². The van der Waals surface area contributed by atoms with Crippen molar-refractivity contribution in [3.05, 3.63) is 65.2 Å². The van der Waals surface area contributed by atoms with Crippen molar-refractivity contribution >= 4 is 15.9 Å². The number of hydrogen-bond donors (Lipinski definition) is 1. The summed E-state index contributed by atoms with van der Waals surface area (Å²) < 4.78 is 28.8. The number of carbonyl (C=O) groups is 1. The Morgan fingerprint density at radius 1 is 1.10 bits per heavy atom. The summed E-state index contributed by atoms with van der Waals surface area (Å²) in [5.41, 5.74) is 2.70. The van der Waals surface area contributed by atoms with Crippen LogP contribution in [0.15, 0.2) is 53.4 Å². The molecule has 1 aliphatic rings. The Morgan fingerprint density at radius 2 is 1.77 bits per heavy atom. The molecule has 1 aliphatic heterocycles. The van der Waals surface area contributed by atoms with Gasteiger partial charge in [-0.2, -0.15) is 4.31 Å². The highest BCUT2D eigenvalue weighted by Gasteiger charge is 2.29. The molecule has 2 aromatic rings. The number of nitrogens with one attached hydrogen (secondary N) is 1. The van der Waals surface area contributed by atoms with E-state index in [-0.39, 0.29) is 24.8 Å². The summed E-state index contributed by atoms with van der Waals surface area (Å²) in [6.45, 7) is 9.14. The molecule has 1 N–H and O–H groups in total. The molecule has 0 unspecified atom stereocenters. The molecule has 0 spiro atoms. The van der Waals surface area contributed by atoms with Gasteiger partial charge in [-0.05, 0) is 42.5 Å². The lowest BCUT2D eigenvalue weighted by Gasteiger charge is -2.30. The maximum absolute atomic E-state index is 13.7. The summed E-state index contributed by atoms with van der Waals surface area (Å²) in [7, 11) is -3.73. The van der Waals surface area contributed by atoms with Crippen LogP contribution < -0.4 is 5.32 Å². The Kier molecular flexibility index (Phi) is 7.86. The number of benzene rings is 2. The van der Waals surface area contributed by atoms with Gasteiger partial charge in [-0.25, -0.2) is 8.42 Å². The van der Waals surface area contributed by atoms with Gasteiger partial charge in [0.25, 0.3) is 0 Å². The number of piperazine rings is 1. The Morgan fingerprint density at radius 3 is 2.45 bits per heavy atom. The molecule has 0 aliphatic carbocycles. The first-order valence-corrected chi connectivity index (χ1v) is 12.3. The van der Waals surface area contributed by atoms with Crippen molar-refractivity contribution < 1.29 is 13.2 Å². The Balaban J connectivity index is 1.84. The number of sulfonamides is 1. The zero-order valence-electron chi connectivity index (χ0n) is 18.7. The van der Waals surface area contributed by atoms with E-state index in [0.717, 1.165) is 29.8 Å². The standard InChI is InChI=1S/C24H33N3O3S/c1-19-9-10-20(2)23(17-19)31(29,30)27(18-21(3)22-7-5-4-6-8-22)14-11-24(28)26-15-12-25-13-16-26/h4-10,17,21,25H,11-16,18H2,1-3H3/t21-/m1/s1. The van der Waals surface area contributed by atoms with Gasteiger partial charge in [0.15, 0.2) is 0 Å². The van der Waals surface area contributed by atoms with Crippen molar-refractivity contribution in [2.75, 3.05) is 39.3 Å². The number of hydrogen-bond acceptors (Lipinski definition) is 4. The average molecular weight is 444 g/mol. The van der Waals surface area contributed by atoms with Gasteiger partial charge in [0.05, 0.1) is 4.90 Å². The van der Waals surface area contributed by atoms with Gasteiger partial charge >= 0.3 is 0 Å². The van der Waals surface area contributed by atoms with E-state index >= 15 is 0 Å². The van der Waals surface area contributed by atoms with E-state index in [4.69, 9.17) is 0 Å². The van der Waals surface area contributed by atoms with E-state index in [0.29, 0.717) is 24.5 Å². The molecule has 1 heterocycles. The maximum Gasteiger partial charge on any atom is 0.243 e. The van der Waals surface area contributed by atoms with Crippen molar-refractivity contribution in [2.24, 2.45) is 0 Å². The van der Waals surface area contributed by atoms with Crippen molar-refractivity contribution in [2.45, 2.75) is 38.0 Å². The normalized spacial score (nSPS) is 15.8. The molecule has 31 heavy (non-hydrogen) atoms. The zero-order valence-corrected chi connectivity index (χ0v) is 19.5. The van der Waals surface area contributed by atoms with Gasteiger partial charge in [-0.3, -0.25) is 4.79 Å². The van der Waals surface area contributed by atoms with E-state index in [2.05, 4.69) is 5.32 Å². The third-order valence-corrected chi connectivity index (χ3v) is 7.86. The zero-order chi connectivity index (χ0) is 22.4. The van der Waals surface area contributed by atoms with Crippen LogP contribution in [0.3, 0.4) is 0 Å². The van der Waals surface area contributed by atoms with Gasteiger partial charge in [0.2, 0.25) is 15.9 Å². The summed E-state index contributed by atoms with van der Waals surface area (Å²) in [6.07, 6.45) is 0.186. The first-order valence-electron chi connectivity index (χ1n) is 10.9. The molecule has 2 aromatic carbocycles. The maximum atomic E-state index is 13.7. The molecule has 7 heteroatoms. The second-order valence-corrected chi connectivity index (χ2v) is 10.2. The van der Waals surface area contributed by atoms with Crippen LogP contribution in [0.25, 0.3) is 0 Å². The van der Waals surface area contributed by atoms with Crippen LogP contribution in [-0.2, 0) is 14.8 Å². The number of nitrogens with zero attached hydrogens (tertiary/aromatic N) is 2. The van der Waals surface area contributed by atoms with Crippen LogP contribution in [0.1, 0.15) is 36.0 Å². The van der Waals surface area contributed by atoms with Gasteiger partial charge < -0.3 is 10.2 Å². The molecule has 1 amide bonds. The van der Waals surface area contributed by atoms with E-state index in [1.54, 1.807) is 6.07 Å². The first-order chi connectivity index (χ1) is 14.8. The van der Waals surface area contributed by atoms with E-state index in [9.17, 15) is 13.2 Å². The highest BCUT2D eigenvalue weighted by Crippen LogP contribution is 2.25. The lowest BCUT2D eigenvalue weighted by molar-refractivity contribution is -0.131. The number of aryl methyl sites for hydroxylation is 2. The molecular formula is C24H33N3O3S. The molecule has 3 rings (SSSR count). The fraction of sp³-hybridized carbons (Fsp3) is 0.458. The summed E-state index contributed by atoms with van der Waals surface area (Å²) in [4.78, 5) is 14.9. The summed E-state index contributed by atoms with van der Waals surface area (Å²) in [6, 6.07) is 15.4. The van der Waals surface area contributed by atoms with E-state index in [1.165, 1.54) is 4.31 Å². The van der Waals surface area contributed by atoms with Crippen LogP contribution in [0, 0.1) is 13.8 Å². The molecule has 1 saturated heterocycles. The quantitative estimate of drug-likeness (QED) is 0.681. The topological polar surface area (TPSA) is 69.7 Å². The average Bonchev–Trinajstić information content (AvgIpc) is 2.78. The number of carbonyl (C=O) groups excluding carboxylic acids is 1. The van der Waals surface area contributed by atoms with Crippen LogP contribution in [-0.4, -0.2) is 62.8 Å². The van der Waals surface area contributed by atoms with Gasteiger partial charge in [-0.1, -0.05) is 49.4 Å². The Hall–Kier alpha value is -2.22. The molecule has 0 aromatic heterocycles. The fourth-order valence-corrected chi connectivity index (χ4v) is 5.76. The van der Waals surface area contributed by atoms with Gasteiger partial charge in [0.1, 0.15) is 0 Å². The fourth-order valence-electron chi connectivity index (χ4n) is 3.92. The molecule has 1 fully saturated rings. The lowest BCUT2D eigenvalue weighted by Crippen LogP contribution is -2.47. The Bertz CT molecular complexity index is 986. The molecule has 0 bridgehead atoms. The molecular weight excluding hydrogens is 410 g/mol. The smallest absolute Gasteiger partial charge is 0.243 e. The monoisotopic (exact) mass is 443 g/mol. The summed E-state index contributed by atoms with van der Waals surface area (Å²) >= 11 is 0. The summed E-state index contributed by atoms with van der Waals surface area (Å²) in [5, 5.41) is 3.24. The third kappa shape index (κ3) is 5.93. The Labute approximate surface area is 186 Å². The molecule has 0 saturated carbocycles. The van der Waals surface area contributed by atoms with Gasteiger partial charge in [-0.15, -0.1) is 0 Å². The second kappa shape index (κ2) is 10.4. The minimum absolute atomic E-state index is 0.00929. The largest absolute Gasteiger partial charge is 0.340 e. The lowest BCUT2D eigenvalue weighted by atomic mass is 10.0. The predicted molar refractivity (Wildman–Crippen MR) is 124 cm³/mol. The summed E-state index contributed by atoms with van der Waals surface area (Å²) in [5.74, 6) is 0.0189. The number of amides is 1. The van der Waals surface area contributed by atoms with Gasteiger partial charge in [0, 0.05) is 45.7 Å². The third-order valence-electron chi connectivity index (χ3n) is 5.85.